The molecule has 0 saturated heterocycles. The van der Waals surface area contributed by atoms with Crippen LogP contribution in [0.1, 0.15) is 200 Å². The Bertz CT molecular complexity index is 779. The SMILES string of the molecule is CC/C=C\C/C=C\C/C=C\C/C=C\CCCCC(=O)OC(CCCCCCCCCCCCCCCCCCC)CCCC(=O)O. The molecule has 0 radical (unpaired) electrons. The number of hydrogen-bond acceptors (Lipinski definition) is 3. The largest absolute Gasteiger partial charge is 0.481 e. The van der Waals surface area contributed by atoms with E-state index < -0.39 is 5.97 Å². The maximum Gasteiger partial charge on any atom is 0.306 e. The molecule has 0 aliphatic rings. The topological polar surface area (TPSA) is 63.6 Å². The van der Waals surface area contributed by atoms with Gasteiger partial charge < -0.3 is 9.84 Å². The van der Waals surface area contributed by atoms with E-state index in [1.807, 2.05) is 0 Å². The lowest BCUT2D eigenvalue weighted by Gasteiger charge is -2.18. The zero-order valence-electron chi connectivity index (χ0n) is 30.4. The van der Waals surface area contributed by atoms with Crippen molar-refractivity contribution in [3.05, 3.63) is 48.6 Å². The molecule has 0 heterocycles. The number of unbranched alkanes of at least 4 members (excludes halogenated alkanes) is 18. The van der Waals surface area contributed by atoms with E-state index in [9.17, 15) is 9.59 Å². The molecule has 46 heavy (non-hydrogen) atoms. The first kappa shape index (κ1) is 43.9. The lowest BCUT2D eigenvalue weighted by atomic mass is 10.0. The number of ether oxygens (including phenoxy) is 1. The molecular weight excluding hydrogens is 568 g/mol. The van der Waals surface area contributed by atoms with Crippen LogP contribution in [0.25, 0.3) is 0 Å². The molecule has 0 aliphatic carbocycles. The number of carboxylic acids is 1. The van der Waals surface area contributed by atoms with Crippen molar-refractivity contribution >= 4 is 11.9 Å². The van der Waals surface area contributed by atoms with E-state index in [1.165, 1.54) is 103 Å². The molecule has 266 valence electrons. The van der Waals surface area contributed by atoms with Crippen molar-refractivity contribution in [3.8, 4) is 0 Å². The Balaban J connectivity index is 3.89. The fraction of sp³-hybridized carbons (Fsp3) is 0.762. The molecule has 0 aromatic heterocycles. The predicted molar refractivity (Wildman–Crippen MR) is 199 cm³/mol. The van der Waals surface area contributed by atoms with Crippen molar-refractivity contribution in [3.63, 3.8) is 0 Å². The van der Waals surface area contributed by atoms with Crippen LogP contribution < -0.4 is 0 Å². The number of hydrogen-bond donors (Lipinski definition) is 1. The highest BCUT2D eigenvalue weighted by molar-refractivity contribution is 5.69. The zero-order chi connectivity index (χ0) is 33.6. The first-order valence-corrected chi connectivity index (χ1v) is 19.6. The lowest BCUT2D eigenvalue weighted by Crippen LogP contribution is -2.18. The van der Waals surface area contributed by atoms with Crippen LogP contribution in [-0.4, -0.2) is 23.1 Å². The van der Waals surface area contributed by atoms with Gasteiger partial charge in [-0.3, -0.25) is 9.59 Å². The predicted octanol–water partition coefficient (Wildman–Crippen LogP) is 13.6. The molecule has 0 aromatic carbocycles. The number of esters is 1. The van der Waals surface area contributed by atoms with Crippen LogP contribution in [0, 0.1) is 0 Å². The molecule has 0 bridgehead atoms. The molecule has 1 N–H and O–H groups in total. The first-order chi connectivity index (χ1) is 22.6. The Morgan fingerprint density at radius 2 is 0.935 bits per heavy atom. The van der Waals surface area contributed by atoms with Crippen LogP contribution in [0.15, 0.2) is 48.6 Å². The number of carbonyl (C=O) groups is 2. The third kappa shape index (κ3) is 36.4. The van der Waals surface area contributed by atoms with Gasteiger partial charge >= 0.3 is 11.9 Å². The van der Waals surface area contributed by atoms with E-state index in [2.05, 4.69) is 62.5 Å². The number of rotatable bonds is 35. The van der Waals surface area contributed by atoms with Gasteiger partial charge in [0, 0.05) is 12.8 Å². The van der Waals surface area contributed by atoms with Crippen LogP contribution in [0.4, 0.5) is 0 Å². The molecule has 0 fully saturated rings. The van der Waals surface area contributed by atoms with E-state index in [1.54, 1.807) is 0 Å². The number of carboxylic acid groups (broad SMARTS) is 1. The Hall–Kier alpha value is -2.10. The van der Waals surface area contributed by atoms with Gasteiger partial charge in [-0.15, -0.1) is 0 Å². The molecule has 0 amide bonds. The lowest BCUT2D eigenvalue weighted by molar-refractivity contribution is -0.150. The highest BCUT2D eigenvalue weighted by Crippen LogP contribution is 2.18. The number of aliphatic carboxylic acids is 1. The Labute approximate surface area is 285 Å². The van der Waals surface area contributed by atoms with Gasteiger partial charge in [0.2, 0.25) is 0 Å². The van der Waals surface area contributed by atoms with Crippen LogP contribution in [0.5, 0.6) is 0 Å². The van der Waals surface area contributed by atoms with Crippen molar-refractivity contribution < 1.29 is 19.4 Å². The van der Waals surface area contributed by atoms with Gasteiger partial charge in [0.15, 0.2) is 0 Å². The molecule has 4 heteroatoms. The van der Waals surface area contributed by atoms with Gasteiger partial charge in [-0.1, -0.05) is 165 Å². The second-order valence-corrected chi connectivity index (χ2v) is 13.1. The molecule has 1 unspecified atom stereocenters. The Kier molecular flexibility index (Phi) is 35.7. The van der Waals surface area contributed by atoms with Crippen LogP contribution >= 0.6 is 0 Å². The van der Waals surface area contributed by atoms with Crippen molar-refractivity contribution in [2.45, 2.75) is 206 Å². The second kappa shape index (κ2) is 37.4. The van der Waals surface area contributed by atoms with E-state index in [-0.39, 0.29) is 18.5 Å². The van der Waals surface area contributed by atoms with E-state index in [0.717, 1.165) is 57.8 Å². The fourth-order valence-corrected chi connectivity index (χ4v) is 5.71. The third-order valence-electron chi connectivity index (χ3n) is 8.57. The summed E-state index contributed by atoms with van der Waals surface area (Å²) in [5.74, 6) is -0.906. The molecule has 1 atom stereocenters. The highest BCUT2D eigenvalue weighted by Gasteiger charge is 2.15. The van der Waals surface area contributed by atoms with Crippen LogP contribution in [-0.2, 0) is 14.3 Å². The van der Waals surface area contributed by atoms with Gasteiger partial charge in [0.1, 0.15) is 6.10 Å². The number of carbonyl (C=O) groups excluding carboxylic acids is 1. The Morgan fingerprint density at radius 3 is 1.41 bits per heavy atom. The molecule has 0 saturated carbocycles. The molecule has 0 rings (SSSR count). The molecule has 0 aliphatic heterocycles. The van der Waals surface area contributed by atoms with E-state index in [0.29, 0.717) is 19.3 Å². The van der Waals surface area contributed by atoms with Crippen LogP contribution in [0.2, 0.25) is 0 Å². The monoisotopic (exact) mass is 643 g/mol. The molecule has 4 nitrogen and oxygen atoms in total. The quantitative estimate of drug-likeness (QED) is 0.0424. The standard InChI is InChI=1S/C42H74O4/c1-3-5-7-9-11-13-15-17-19-20-22-23-25-27-29-31-33-36-40(37-35-38-41(43)44)46-42(45)39-34-32-30-28-26-24-21-18-16-14-12-10-8-6-4-2/h6,8,12,14,18,21,26,28,40H,3-5,7,9-11,13,15-17,19-20,22-25,27,29-39H2,1-2H3,(H,43,44)/b8-6-,14-12-,21-18-,28-26-. The first-order valence-electron chi connectivity index (χ1n) is 19.6. The van der Waals surface area contributed by atoms with Crippen LogP contribution in [0.3, 0.4) is 0 Å². The summed E-state index contributed by atoms with van der Waals surface area (Å²) in [4.78, 5) is 23.5. The summed E-state index contributed by atoms with van der Waals surface area (Å²) in [6, 6.07) is 0. The van der Waals surface area contributed by atoms with Gasteiger partial charge in [-0.05, 0) is 70.6 Å². The summed E-state index contributed by atoms with van der Waals surface area (Å²) < 4.78 is 5.81. The summed E-state index contributed by atoms with van der Waals surface area (Å²) in [5.41, 5.74) is 0. The normalized spacial score (nSPS) is 12.7. The van der Waals surface area contributed by atoms with Crippen molar-refractivity contribution in [1.82, 2.24) is 0 Å². The Morgan fingerprint density at radius 1 is 0.500 bits per heavy atom. The highest BCUT2D eigenvalue weighted by atomic mass is 16.5. The van der Waals surface area contributed by atoms with Crippen molar-refractivity contribution in [1.29, 1.82) is 0 Å². The van der Waals surface area contributed by atoms with Gasteiger partial charge in [0.05, 0.1) is 0 Å². The smallest absolute Gasteiger partial charge is 0.306 e. The summed E-state index contributed by atoms with van der Waals surface area (Å²) in [6.07, 6.45) is 49.8. The third-order valence-corrected chi connectivity index (χ3v) is 8.57. The molecule has 0 aromatic rings. The average Bonchev–Trinajstić information content (AvgIpc) is 3.04. The van der Waals surface area contributed by atoms with E-state index >= 15 is 0 Å². The average molecular weight is 643 g/mol. The van der Waals surface area contributed by atoms with Crippen molar-refractivity contribution in [2.24, 2.45) is 0 Å². The van der Waals surface area contributed by atoms with E-state index in [4.69, 9.17) is 9.84 Å². The van der Waals surface area contributed by atoms with Gasteiger partial charge in [-0.25, -0.2) is 0 Å². The molecule has 0 spiro atoms. The minimum atomic E-state index is -0.779. The maximum absolute atomic E-state index is 12.5. The second-order valence-electron chi connectivity index (χ2n) is 13.1. The van der Waals surface area contributed by atoms with Gasteiger partial charge in [-0.2, -0.15) is 0 Å². The minimum Gasteiger partial charge on any atom is -0.481 e. The number of allylic oxidation sites excluding steroid dienone is 8. The van der Waals surface area contributed by atoms with Gasteiger partial charge in [0.25, 0.3) is 0 Å². The molecular formula is C42H74O4. The summed E-state index contributed by atoms with van der Waals surface area (Å²) in [5, 5.41) is 9.02. The summed E-state index contributed by atoms with van der Waals surface area (Å²) in [6.45, 7) is 4.43. The zero-order valence-corrected chi connectivity index (χ0v) is 30.4. The summed E-state index contributed by atoms with van der Waals surface area (Å²) >= 11 is 0. The summed E-state index contributed by atoms with van der Waals surface area (Å²) in [7, 11) is 0. The minimum absolute atomic E-state index is 0.127. The maximum atomic E-state index is 12.5. The fourth-order valence-electron chi connectivity index (χ4n) is 5.71. The van der Waals surface area contributed by atoms with Crippen molar-refractivity contribution in [2.75, 3.05) is 0 Å².